The molecule has 3 aliphatic rings. The van der Waals surface area contributed by atoms with Crippen LogP contribution in [0.3, 0.4) is 0 Å². The highest BCUT2D eigenvalue weighted by molar-refractivity contribution is 5.91. The zero-order valence-electron chi connectivity index (χ0n) is 14.9. The van der Waals surface area contributed by atoms with Crippen molar-refractivity contribution in [2.75, 3.05) is 6.61 Å². The molecule has 0 bridgehead atoms. The molecule has 1 saturated carbocycles. The van der Waals surface area contributed by atoms with Gasteiger partial charge in [0.2, 0.25) is 0 Å². The van der Waals surface area contributed by atoms with E-state index in [1.807, 2.05) is 13.8 Å². The normalized spacial score (nSPS) is 31.8. The molecule has 136 valence electrons. The van der Waals surface area contributed by atoms with E-state index in [0.717, 1.165) is 17.6 Å². The van der Waals surface area contributed by atoms with Crippen molar-refractivity contribution in [1.82, 2.24) is 0 Å². The van der Waals surface area contributed by atoms with Gasteiger partial charge in [-0.3, -0.25) is 4.79 Å². The van der Waals surface area contributed by atoms with Crippen molar-refractivity contribution in [3.05, 3.63) is 35.5 Å². The Morgan fingerprint density at radius 2 is 2.12 bits per heavy atom. The zero-order chi connectivity index (χ0) is 18.3. The SMILES string of the molecule is C=C1[C@H]2C(=C(COC(=O)CC(C)C)CC[C@H]3C(=C)C(=O)O[C@H]23)C[C@@H]1O. The predicted molar refractivity (Wildman–Crippen MR) is 92.4 cm³/mol. The van der Waals surface area contributed by atoms with Crippen molar-refractivity contribution in [3.63, 3.8) is 0 Å². The first-order chi connectivity index (χ1) is 11.8. The highest BCUT2D eigenvalue weighted by Crippen LogP contribution is 2.50. The molecule has 5 nitrogen and oxygen atoms in total. The maximum Gasteiger partial charge on any atom is 0.334 e. The van der Waals surface area contributed by atoms with Gasteiger partial charge in [0, 0.05) is 23.8 Å². The van der Waals surface area contributed by atoms with Crippen molar-refractivity contribution in [3.8, 4) is 0 Å². The number of carbonyl (C=O) groups excluding carboxylic acids is 2. The van der Waals surface area contributed by atoms with Crippen molar-refractivity contribution in [2.45, 2.75) is 51.7 Å². The summed E-state index contributed by atoms with van der Waals surface area (Å²) in [5, 5.41) is 10.3. The first-order valence-electron chi connectivity index (χ1n) is 8.92. The fourth-order valence-corrected chi connectivity index (χ4v) is 4.16. The average Bonchev–Trinajstić information content (AvgIpc) is 2.91. The van der Waals surface area contributed by atoms with E-state index in [4.69, 9.17) is 9.47 Å². The molecule has 0 amide bonds. The Morgan fingerprint density at radius 3 is 2.80 bits per heavy atom. The van der Waals surface area contributed by atoms with Crippen LogP contribution in [0.4, 0.5) is 0 Å². The lowest BCUT2D eigenvalue weighted by Gasteiger charge is -2.23. The molecular formula is C20H26O5. The minimum absolute atomic E-state index is 0.0709. The summed E-state index contributed by atoms with van der Waals surface area (Å²) >= 11 is 0. The lowest BCUT2D eigenvalue weighted by molar-refractivity contribution is -0.143. The van der Waals surface area contributed by atoms with Gasteiger partial charge in [-0.2, -0.15) is 0 Å². The number of ether oxygens (including phenoxy) is 2. The summed E-state index contributed by atoms with van der Waals surface area (Å²) in [7, 11) is 0. The molecule has 0 radical (unpaired) electrons. The Morgan fingerprint density at radius 1 is 1.40 bits per heavy atom. The highest BCUT2D eigenvalue weighted by atomic mass is 16.6. The topological polar surface area (TPSA) is 72.8 Å². The summed E-state index contributed by atoms with van der Waals surface area (Å²) in [6.07, 6.45) is 1.30. The van der Waals surface area contributed by atoms with Gasteiger partial charge in [-0.25, -0.2) is 4.79 Å². The molecule has 0 spiro atoms. The lowest BCUT2D eigenvalue weighted by atomic mass is 9.84. The van der Waals surface area contributed by atoms with Gasteiger partial charge < -0.3 is 14.6 Å². The number of rotatable bonds is 4. The third-order valence-corrected chi connectivity index (χ3v) is 5.49. The average molecular weight is 346 g/mol. The number of carbonyl (C=O) groups is 2. The number of esters is 2. The second-order valence-corrected chi connectivity index (χ2v) is 7.70. The van der Waals surface area contributed by atoms with Gasteiger partial charge >= 0.3 is 11.9 Å². The van der Waals surface area contributed by atoms with Crippen LogP contribution >= 0.6 is 0 Å². The highest BCUT2D eigenvalue weighted by Gasteiger charge is 2.50. The van der Waals surface area contributed by atoms with Gasteiger partial charge in [-0.15, -0.1) is 0 Å². The van der Waals surface area contributed by atoms with Crippen LogP contribution < -0.4 is 0 Å². The van der Waals surface area contributed by atoms with E-state index in [9.17, 15) is 14.7 Å². The van der Waals surface area contributed by atoms with E-state index in [1.54, 1.807) is 0 Å². The van der Waals surface area contributed by atoms with Crippen molar-refractivity contribution < 1.29 is 24.2 Å². The fraction of sp³-hybridized carbons (Fsp3) is 0.600. The third-order valence-electron chi connectivity index (χ3n) is 5.49. The summed E-state index contributed by atoms with van der Waals surface area (Å²) in [6.45, 7) is 12.1. The first-order valence-corrected chi connectivity index (χ1v) is 8.92. The lowest BCUT2D eigenvalue weighted by Crippen LogP contribution is -2.27. The standard InChI is InChI=1S/C20H26O5/c1-10(2)7-17(22)24-9-13-5-6-14-11(3)20(23)25-19(14)18-12(4)16(21)8-15(13)18/h10,14,16,18-19,21H,3-9H2,1-2H3/t14-,16-,18-,19-/m0/s1. The molecule has 0 aromatic carbocycles. The van der Waals surface area contributed by atoms with Crippen LogP contribution in [0.5, 0.6) is 0 Å². The number of aliphatic hydroxyl groups excluding tert-OH is 1. The fourth-order valence-electron chi connectivity index (χ4n) is 4.16. The Balaban J connectivity index is 1.84. The van der Waals surface area contributed by atoms with Gasteiger partial charge in [-0.05, 0) is 36.3 Å². The van der Waals surface area contributed by atoms with E-state index < -0.39 is 6.10 Å². The van der Waals surface area contributed by atoms with E-state index >= 15 is 0 Å². The molecule has 3 rings (SSSR count). The van der Waals surface area contributed by atoms with Gasteiger partial charge in [-0.1, -0.05) is 32.6 Å². The first kappa shape index (κ1) is 17.9. The van der Waals surface area contributed by atoms with Crippen LogP contribution in [0.2, 0.25) is 0 Å². The van der Waals surface area contributed by atoms with Gasteiger partial charge in [0.05, 0.1) is 6.10 Å². The number of aliphatic hydroxyl groups is 1. The minimum atomic E-state index is -0.646. The van der Waals surface area contributed by atoms with Crippen LogP contribution in [0.15, 0.2) is 35.5 Å². The van der Waals surface area contributed by atoms with Crippen LogP contribution in [0.1, 0.15) is 39.5 Å². The summed E-state index contributed by atoms with van der Waals surface area (Å²) in [5.41, 5.74) is 3.22. The second kappa shape index (κ2) is 6.79. The monoisotopic (exact) mass is 346 g/mol. The van der Waals surface area contributed by atoms with Crippen molar-refractivity contribution in [1.29, 1.82) is 0 Å². The molecule has 1 aliphatic heterocycles. The van der Waals surface area contributed by atoms with Gasteiger partial charge in [0.15, 0.2) is 0 Å². The molecule has 0 aromatic heterocycles. The van der Waals surface area contributed by atoms with E-state index in [1.165, 1.54) is 0 Å². The molecule has 2 fully saturated rings. The summed E-state index contributed by atoms with van der Waals surface area (Å²) in [4.78, 5) is 23.8. The summed E-state index contributed by atoms with van der Waals surface area (Å²) < 4.78 is 11.0. The molecule has 4 atom stereocenters. The van der Waals surface area contributed by atoms with Gasteiger partial charge in [0.25, 0.3) is 0 Å². The Bertz CT molecular complexity index is 657. The predicted octanol–water partition coefficient (Wildman–Crippen LogP) is 2.70. The van der Waals surface area contributed by atoms with E-state index in [-0.39, 0.29) is 42.4 Å². The Kier molecular flexibility index (Phi) is 4.87. The molecule has 1 N–H and O–H groups in total. The largest absolute Gasteiger partial charge is 0.461 e. The van der Waals surface area contributed by atoms with Crippen molar-refractivity contribution in [2.24, 2.45) is 17.8 Å². The molecule has 5 heteroatoms. The Hall–Kier alpha value is -1.88. The smallest absolute Gasteiger partial charge is 0.334 e. The number of hydrogen-bond donors (Lipinski definition) is 1. The van der Waals surface area contributed by atoms with E-state index in [2.05, 4.69) is 13.2 Å². The van der Waals surface area contributed by atoms with Crippen molar-refractivity contribution >= 4 is 11.9 Å². The second-order valence-electron chi connectivity index (χ2n) is 7.70. The summed E-state index contributed by atoms with van der Waals surface area (Å²) in [5.74, 6) is -0.585. The number of fused-ring (bicyclic) bond motifs is 3. The minimum Gasteiger partial charge on any atom is -0.461 e. The molecule has 1 heterocycles. The maximum absolute atomic E-state index is 11.9. The summed E-state index contributed by atoms with van der Waals surface area (Å²) in [6, 6.07) is 0. The maximum atomic E-state index is 11.9. The van der Waals surface area contributed by atoms with E-state index in [0.29, 0.717) is 30.4 Å². The molecule has 0 unspecified atom stereocenters. The molecule has 25 heavy (non-hydrogen) atoms. The quantitative estimate of drug-likeness (QED) is 0.481. The third kappa shape index (κ3) is 3.30. The number of hydrogen-bond acceptors (Lipinski definition) is 5. The van der Waals surface area contributed by atoms with Crippen LogP contribution in [-0.2, 0) is 19.1 Å². The molecule has 1 saturated heterocycles. The molecule has 0 aromatic rings. The van der Waals surface area contributed by atoms with Gasteiger partial charge in [0.1, 0.15) is 12.7 Å². The zero-order valence-corrected chi connectivity index (χ0v) is 14.9. The Labute approximate surface area is 148 Å². The van der Waals surface area contributed by atoms with Crippen LogP contribution in [-0.4, -0.2) is 35.9 Å². The van der Waals surface area contributed by atoms with Crippen LogP contribution in [0, 0.1) is 17.8 Å². The van der Waals surface area contributed by atoms with Crippen LogP contribution in [0.25, 0.3) is 0 Å². The molecular weight excluding hydrogens is 320 g/mol. The molecule has 2 aliphatic carbocycles.